The Labute approximate surface area is 149 Å². The van der Waals surface area contributed by atoms with Crippen molar-refractivity contribution in [2.45, 2.75) is 6.92 Å². The van der Waals surface area contributed by atoms with Gasteiger partial charge in [-0.05, 0) is 0 Å². The van der Waals surface area contributed by atoms with Crippen LogP contribution in [0.1, 0.15) is 5.56 Å². The average molecular weight is 371 g/mol. The molecule has 2 radical (unpaired) electrons. The maximum atomic E-state index is 4.84. The zero-order valence-electron chi connectivity index (χ0n) is 13.1. The van der Waals surface area contributed by atoms with Gasteiger partial charge in [0.2, 0.25) is 0 Å². The summed E-state index contributed by atoms with van der Waals surface area (Å²) in [7, 11) is 0. The van der Waals surface area contributed by atoms with Gasteiger partial charge < -0.3 is 0 Å². The molecule has 0 spiro atoms. The molecule has 24 heavy (non-hydrogen) atoms. The maximum absolute atomic E-state index is 4.84. The summed E-state index contributed by atoms with van der Waals surface area (Å²) < 4.78 is 0.882. The Bertz CT molecular complexity index is 1010. The van der Waals surface area contributed by atoms with Crippen LogP contribution in [-0.2, 0) is 0 Å². The quantitative estimate of drug-likeness (QED) is 0.507. The topological polar surface area (TPSA) is 38.7 Å². The van der Waals surface area contributed by atoms with Crippen LogP contribution in [0.3, 0.4) is 0 Å². The fourth-order valence-corrected chi connectivity index (χ4v) is 3.20. The Morgan fingerprint density at radius 3 is 2.33 bits per heavy atom. The van der Waals surface area contributed by atoms with Crippen LogP contribution in [0.4, 0.5) is 0 Å². The van der Waals surface area contributed by atoms with Crippen molar-refractivity contribution in [1.82, 2.24) is 15.0 Å². The van der Waals surface area contributed by atoms with Crippen molar-refractivity contribution in [2.24, 2.45) is 0 Å². The number of hydrogen-bond acceptors (Lipinski definition) is 3. The Hall–Kier alpha value is -2.51. The molecule has 3 nitrogen and oxygen atoms in total. The average Bonchev–Trinajstić information content (AvgIpc) is 2.63. The molecular formula is C20H14AsN3. The van der Waals surface area contributed by atoms with Gasteiger partial charge in [-0.25, -0.2) is 0 Å². The molecule has 2 heterocycles. The first-order valence-electron chi connectivity index (χ1n) is 7.69. The molecule has 0 N–H and O–H groups in total. The monoisotopic (exact) mass is 371 g/mol. The SMILES string of the molecule is Cc1ccc(-c2cc3c([As])ncnc3nc2-c2ccccc2)cc1. The van der Waals surface area contributed by atoms with E-state index >= 15 is 0 Å². The normalized spacial score (nSPS) is 10.9. The van der Waals surface area contributed by atoms with E-state index in [2.05, 4.69) is 76.2 Å². The summed E-state index contributed by atoms with van der Waals surface area (Å²) in [5.74, 6) is 0. The van der Waals surface area contributed by atoms with Crippen LogP contribution in [0, 0.1) is 6.92 Å². The molecule has 114 valence electrons. The molecule has 0 aliphatic heterocycles. The van der Waals surface area contributed by atoms with Crippen LogP contribution < -0.4 is 4.48 Å². The van der Waals surface area contributed by atoms with Gasteiger partial charge in [-0.1, -0.05) is 0 Å². The Morgan fingerprint density at radius 1 is 0.833 bits per heavy atom. The number of benzene rings is 2. The number of fused-ring (bicyclic) bond motifs is 1. The number of aryl methyl sites for hydroxylation is 1. The fourth-order valence-electron chi connectivity index (χ4n) is 2.74. The van der Waals surface area contributed by atoms with E-state index in [-0.39, 0.29) is 0 Å². The van der Waals surface area contributed by atoms with Gasteiger partial charge in [0.05, 0.1) is 0 Å². The third kappa shape index (κ3) is 2.72. The predicted octanol–water partition coefficient (Wildman–Crippen LogP) is 3.46. The Balaban J connectivity index is 2.05. The van der Waals surface area contributed by atoms with Gasteiger partial charge in [0.15, 0.2) is 0 Å². The number of nitrogens with zero attached hydrogens (tertiary/aromatic N) is 3. The molecule has 2 aromatic carbocycles. The van der Waals surface area contributed by atoms with Crippen LogP contribution in [0.5, 0.6) is 0 Å². The predicted molar refractivity (Wildman–Crippen MR) is 98.3 cm³/mol. The van der Waals surface area contributed by atoms with E-state index in [0.717, 1.165) is 37.9 Å². The van der Waals surface area contributed by atoms with Crippen LogP contribution in [-0.4, -0.2) is 31.8 Å². The first-order valence-corrected chi connectivity index (χ1v) is 8.63. The zero-order valence-corrected chi connectivity index (χ0v) is 15.0. The standard InChI is InChI=1S/C20H14AsN3/c1-13-7-9-14(10-8-13)16-11-17-19(21)22-12-23-20(17)24-18(16)15-5-3-2-4-6-15/h2-12H,1H3. The molecule has 0 unspecified atom stereocenters. The molecule has 4 rings (SSSR count). The van der Waals surface area contributed by atoms with E-state index in [1.54, 1.807) is 6.33 Å². The molecule has 0 atom stereocenters. The summed E-state index contributed by atoms with van der Waals surface area (Å²) in [6, 6.07) is 20.9. The fraction of sp³-hybridized carbons (Fsp3) is 0.0500. The van der Waals surface area contributed by atoms with Crippen molar-refractivity contribution < 1.29 is 0 Å². The van der Waals surface area contributed by atoms with Gasteiger partial charge in [0.1, 0.15) is 0 Å². The van der Waals surface area contributed by atoms with Crippen molar-refractivity contribution in [3.8, 4) is 22.4 Å². The van der Waals surface area contributed by atoms with Gasteiger partial charge in [0, 0.05) is 0 Å². The first kappa shape index (κ1) is 15.0. The Morgan fingerprint density at radius 2 is 1.58 bits per heavy atom. The molecule has 0 aliphatic carbocycles. The van der Waals surface area contributed by atoms with Crippen molar-refractivity contribution in [2.75, 3.05) is 0 Å². The third-order valence-electron chi connectivity index (χ3n) is 4.01. The second kappa shape index (κ2) is 6.18. The Kier molecular flexibility index (Phi) is 3.87. The van der Waals surface area contributed by atoms with E-state index in [1.807, 2.05) is 18.2 Å². The molecule has 4 aromatic rings. The molecule has 0 saturated carbocycles. The van der Waals surface area contributed by atoms with E-state index in [1.165, 1.54) is 5.56 Å². The summed E-state index contributed by atoms with van der Waals surface area (Å²) in [5, 5.41) is 0.966. The van der Waals surface area contributed by atoms with Gasteiger partial charge >= 0.3 is 149 Å². The summed E-state index contributed by atoms with van der Waals surface area (Å²) in [5.41, 5.74) is 6.22. The van der Waals surface area contributed by atoms with Gasteiger partial charge in [-0.2, -0.15) is 0 Å². The summed E-state index contributed by atoms with van der Waals surface area (Å²) in [6.07, 6.45) is 1.56. The molecule has 0 fully saturated rings. The van der Waals surface area contributed by atoms with Gasteiger partial charge in [-0.15, -0.1) is 0 Å². The second-order valence-electron chi connectivity index (χ2n) is 5.69. The van der Waals surface area contributed by atoms with E-state index < -0.39 is 0 Å². The second-order valence-corrected chi connectivity index (χ2v) is 6.57. The summed E-state index contributed by atoms with van der Waals surface area (Å²) in [4.78, 5) is 13.5. The van der Waals surface area contributed by atoms with Crippen LogP contribution >= 0.6 is 0 Å². The number of rotatable bonds is 2. The number of hydrogen-bond donors (Lipinski definition) is 0. The molecular weight excluding hydrogens is 357 g/mol. The summed E-state index contributed by atoms with van der Waals surface area (Å²) >= 11 is 2.50. The van der Waals surface area contributed by atoms with Crippen molar-refractivity contribution in [3.63, 3.8) is 0 Å². The number of aromatic nitrogens is 3. The van der Waals surface area contributed by atoms with Crippen molar-refractivity contribution in [3.05, 3.63) is 72.6 Å². The minimum atomic E-state index is 0.718. The van der Waals surface area contributed by atoms with Crippen molar-refractivity contribution >= 4 is 32.4 Å². The van der Waals surface area contributed by atoms with E-state index in [4.69, 9.17) is 4.98 Å². The molecule has 2 aromatic heterocycles. The van der Waals surface area contributed by atoms with Crippen LogP contribution in [0.2, 0.25) is 0 Å². The molecule has 4 heteroatoms. The summed E-state index contributed by atoms with van der Waals surface area (Å²) in [6.45, 7) is 2.09. The van der Waals surface area contributed by atoms with E-state index in [9.17, 15) is 0 Å². The van der Waals surface area contributed by atoms with Crippen LogP contribution in [0.25, 0.3) is 33.4 Å². The molecule has 0 aliphatic rings. The number of pyridine rings is 1. The van der Waals surface area contributed by atoms with Gasteiger partial charge in [-0.3, -0.25) is 0 Å². The van der Waals surface area contributed by atoms with Crippen LogP contribution in [0.15, 0.2) is 67.0 Å². The molecule has 0 bridgehead atoms. The first-order chi connectivity index (χ1) is 11.7. The molecule has 0 saturated heterocycles. The van der Waals surface area contributed by atoms with Gasteiger partial charge in [0.25, 0.3) is 0 Å². The van der Waals surface area contributed by atoms with E-state index in [0.29, 0.717) is 0 Å². The minimum absolute atomic E-state index is 0.718. The molecule has 0 amide bonds. The van der Waals surface area contributed by atoms with Crippen molar-refractivity contribution in [1.29, 1.82) is 0 Å². The third-order valence-corrected chi connectivity index (χ3v) is 4.76. The zero-order chi connectivity index (χ0) is 16.5.